The molecule has 1 aromatic carbocycles. The number of rotatable bonds is 7. The van der Waals surface area contributed by atoms with Crippen LogP contribution in [0, 0.1) is 11.3 Å². The van der Waals surface area contributed by atoms with Crippen molar-refractivity contribution >= 4 is 0 Å². The van der Waals surface area contributed by atoms with E-state index in [1.165, 1.54) is 0 Å². The van der Waals surface area contributed by atoms with Gasteiger partial charge >= 0.3 is 0 Å². The summed E-state index contributed by atoms with van der Waals surface area (Å²) in [7, 11) is 3.19. The van der Waals surface area contributed by atoms with Gasteiger partial charge in [0.1, 0.15) is 23.1 Å². The van der Waals surface area contributed by atoms with Gasteiger partial charge in [0.05, 0.1) is 25.2 Å². The maximum absolute atomic E-state index is 13.5. The Morgan fingerprint density at radius 3 is 2.59 bits per heavy atom. The van der Waals surface area contributed by atoms with Crippen LogP contribution in [0.3, 0.4) is 0 Å². The normalized spacial score (nSPS) is 15.4. The van der Waals surface area contributed by atoms with Gasteiger partial charge in [0.2, 0.25) is 5.88 Å². The fourth-order valence-electron chi connectivity index (χ4n) is 3.64. The summed E-state index contributed by atoms with van der Waals surface area (Å²) in [5.41, 5.74) is 8.14. The number of fused-ring (bicyclic) bond motifs is 1. The zero-order valence-electron chi connectivity index (χ0n) is 16.9. The van der Waals surface area contributed by atoms with Crippen molar-refractivity contribution in [2.24, 2.45) is 5.73 Å². The SMILES string of the molecule is CCCc1cc2c(c(=O)n1CCOC)C(c1ccc(OC)cc1)C(C#N)=C(N)O2. The highest BCUT2D eigenvalue weighted by Crippen LogP contribution is 2.40. The average molecular weight is 395 g/mol. The second-order valence-electron chi connectivity index (χ2n) is 6.81. The number of hydrogen-bond acceptors (Lipinski definition) is 6. The molecule has 7 nitrogen and oxygen atoms in total. The Labute approximate surface area is 169 Å². The van der Waals surface area contributed by atoms with Gasteiger partial charge in [-0.05, 0) is 24.1 Å². The number of nitriles is 1. The maximum Gasteiger partial charge on any atom is 0.258 e. The van der Waals surface area contributed by atoms with Crippen molar-refractivity contribution in [2.75, 3.05) is 20.8 Å². The van der Waals surface area contributed by atoms with Gasteiger partial charge in [-0.3, -0.25) is 4.79 Å². The molecule has 1 aliphatic rings. The number of benzene rings is 1. The number of methoxy groups -OCH3 is 2. The highest BCUT2D eigenvalue weighted by atomic mass is 16.5. The smallest absolute Gasteiger partial charge is 0.258 e. The molecule has 152 valence electrons. The van der Waals surface area contributed by atoms with E-state index in [2.05, 4.69) is 6.07 Å². The lowest BCUT2D eigenvalue weighted by molar-refractivity contribution is 0.185. The fraction of sp³-hybridized carbons (Fsp3) is 0.364. The molecule has 2 heterocycles. The summed E-state index contributed by atoms with van der Waals surface area (Å²) in [5.74, 6) is 0.515. The van der Waals surface area contributed by atoms with Crippen LogP contribution < -0.4 is 20.8 Å². The Bertz CT molecular complexity index is 1020. The minimum Gasteiger partial charge on any atom is -0.497 e. The van der Waals surface area contributed by atoms with Gasteiger partial charge in [0.25, 0.3) is 5.56 Å². The number of aromatic nitrogens is 1. The zero-order chi connectivity index (χ0) is 21.0. The number of hydrogen-bond donors (Lipinski definition) is 1. The number of pyridine rings is 1. The van der Waals surface area contributed by atoms with Gasteiger partial charge in [0, 0.05) is 25.4 Å². The summed E-state index contributed by atoms with van der Waals surface area (Å²) in [4.78, 5) is 13.5. The molecule has 0 saturated carbocycles. The molecule has 1 atom stereocenters. The number of aryl methyl sites for hydroxylation is 1. The number of ether oxygens (including phenoxy) is 3. The maximum atomic E-state index is 13.5. The van der Waals surface area contributed by atoms with Crippen molar-refractivity contribution in [3.05, 3.63) is 69.0 Å². The van der Waals surface area contributed by atoms with Crippen molar-refractivity contribution in [2.45, 2.75) is 32.2 Å². The summed E-state index contributed by atoms with van der Waals surface area (Å²) in [5, 5.41) is 9.74. The Morgan fingerprint density at radius 1 is 1.28 bits per heavy atom. The van der Waals surface area contributed by atoms with E-state index in [1.54, 1.807) is 30.9 Å². The second-order valence-corrected chi connectivity index (χ2v) is 6.81. The topological polar surface area (TPSA) is 99.5 Å². The first-order valence-electron chi connectivity index (χ1n) is 9.52. The van der Waals surface area contributed by atoms with Gasteiger partial charge in [-0.2, -0.15) is 5.26 Å². The molecule has 3 rings (SSSR count). The van der Waals surface area contributed by atoms with Gasteiger partial charge in [-0.25, -0.2) is 0 Å². The minimum absolute atomic E-state index is 0.0253. The third-order valence-electron chi connectivity index (χ3n) is 5.04. The van der Waals surface area contributed by atoms with Crippen molar-refractivity contribution in [3.8, 4) is 17.6 Å². The predicted octanol–water partition coefficient (Wildman–Crippen LogP) is 2.67. The lowest BCUT2D eigenvalue weighted by Gasteiger charge is -2.28. The highest BCUT2D eigenvalue weighted by molar-refractivity contribution is 5.55. The lowest BCUT2D eigenvalue weighted by atomic mass is 9.84. The van der Waals surface area contributed by atoms with E-state index in [4.69, 9.17) is 19.9 Å². The monoisotopic (exact) mass is 395 g/mol. The van der Waals surface area contributed by atoms with Crippen LogP contribution in [-0.2, 0) is 17.7 Å². The van der Waals surface area contributed by atoms with Gasteiger partial charge in [-0.15, -0.1) is 0 Å². The van der Waals surface area contributed by atoms with Crippen LogP contribution in [0.15, 0.2) is 46.6 Å². The third kappa shape index (κ3) is 3.84. The average Bonchev–Trinajstić information content (AvgIpc) is 2.73. The molecule has 0 spiro atoms. The summed E-state index contributed by atoms with van der Waals surface area (Å²) >= 11 is 0. The van der Waals surface area contributed by atoms with Gasteiger partial charge < -0.3 is 24.5 Å². The van der Waals surface area contributed by atoms with Crippen LogP contribution in [0.2, 0.25) is 0 Å². The standard InChI is InChI=1S/C22H25N3O4/c1-4-5-15-12-18-20(22(26)25(15)10-11-27-2)19(17(13-23)21(24)29-18)14-6-8-16(28-3)9-7-14/h6-9,12,19H,4-5,10-11,24H2,1-3H3. The highest BCUT2D eigenvalue weighted by Gasteiger charge is 2.34. The quantitative estimate of drug-likeness (QED) is 0.774. The largest absolute Gasteiger partial charge is 0.497 e. The summed E-state index contributed by atoms with van der Waals surface area (Å²) in [6.07, 6.45) is 1.60. The second kappa shape index (κ2) is 8.84. The Kier molecular flexibility index (Phi) is 6.25. The first-order valence-corrected chi connectivity index (χ1v) is 9.52. The van der Waals surface area contributed by atoms with Crippen molar-refractivity contribution < 1.29 is 14.2 Å². The van der Waals surface area contributed by atoms with E-state index in [0.717, 1.165) is 24.1 Å². The molecular formula is C22H25N3O4. The molecule has 1 aliphatic heterocycles. The zero-order valence-corrected chi connectivity index (χ0v) is 16.9. The number of nitrogens with zero attached hydrogens (tertiary/aromatic N) is 2. The van der Waals surface area contributed by atoms with Gasteiger partial charge in [-0.1, -0.05) is 25.5 Å². The molecule has 0 amide bonds. The number of nitrogens with two attached hydrogens (primary N) is 1. The molecule has 0 saturated heterocycles. The fourth-order valence-corrected chi connectivity index (χ4v) is 3.64. The van der Waals surface area contributed by atoms with Crippen LogP contribution >= 0.6 is 0 Å². The number of allylic oxidation sites excluding steroid dienone is 1. The molecule has 29 heavy (non-hydrogen) atoms. The summed E-state index contributed by atoms with van der Waals surface area (Å²) < 4.78 is 17.8. The van der Waals surface area contributed by atoms with Crippen molar-refractivity contribution in [3.63, 3.8) is 0 Å². The van der Waals surface area contributed by atoms with Crippen LogP contribution in [0.4, 0.5) is 0 Å². The van der Waals surface area contributed by atoms with E-state index < -0.39 is 5.92 Å². The van der Waals surface area contributed by atoms with E-state index in [1.807, 2.05) is 25.1 Å². The molecule has 0 bridgehead atoms. The van der Waals surface area contributed by atoms with E-state index >= 15 is 0 Å². The first-order chi connectivity index (χ1) is 14.0. The van der Waals surface area contributed by atoms with Crippen LogP contribution in [0.25, 0.3) is 0 Å². The third-order valence-corrected chi connectivity index (χ3v) is 5.04. The molecule has 2 N–H and O–H groups in total. The van der Waals surface area contributed by atoms with Crippen LogP contribution in [0.1, 0.15) is 36.1 Å². The molecule has 7 heteroatoms. The summed E-state index contributed by atoms with van der Waals surface area (Å²) in [6, 6.07) is 11.2. The van der Waals surface area contributed by atoms with E-state index in [-0.39, 0.29) is 17.0 Å². The van der Waals surface area contributed by atoms with Gasteiger partial charge in [0.15, 0.2) is 0 Å². The van der Waals surface area contributed by atoms with E-state index in [9.17, 15) is 10.1 Å². The van der Waals surface area contributed by atoms with Crippen molar-refractivity contribution in [1.82, 2.24) is 4.57 Å². The summed E-state index contributed by atoms with van der Waals surface area (Å²) in [6.45, 7) is 2.88. The van der Waals surface area contributed by atoms with Crippen LogP contribution in [-0.4, -0.2) is 25.4 Å². The predicted molar refractivity (Wildman–Crippen MR) is 109 cm³/mol. The Balaban J connectivity index is 2.24. The Morgan fingerprint density at radius 2 is 2.00 bits per heavy atom. The van der Waals surface area contributed by atoms with Crippen molar-refractivity contribution in [1.29, 1.82) is 5.26 Å². The molecule has 1 unspecified atom stereocenters. The molecular weight excluding hydrogens is 370 g/mol. The molecule has 0 radical (unpaired) electrons. The molecule has 1 aromatic heterocycles. The van der Waals surface area contributed by atoms with Crippen LogP contribution in [0.5, 0.6) is 11.5 Å². The molecule has 0 fully saturated rings. The lowest BCUT2D eigenvalue weighted by Crippen LogP contribution is -2.34. The Hall–Kier alpha value is -3.24. The first kappa shape index (κ1) is 20.5. The minimum atomic E-state index is -0.605. The van der Waals surface area contributed by atoms with E-state index in [0.29, 0.717) is 30.2 Å². The molecule has 2 aromatic rings. The molecule has 0 aliphatic carbocycles.